The van der Waals surface area contributed by atoms with Crippen LogP contribution in [-0.2, 0) is 6.54 Å². The summed E-state index contributed by atoms with van der Waals surface area (Å²) in [6.45, 7) is 4.98. The van der Waals surface area contributed by atoms with E-state index in [1.165, 1.54) is 5.56 Å². The van der Waals surface area contributed by atoms with Gasteiger partial charge in [-0.3, -0.25) is 4.79 Å². The Kier molecular flexibility index (Phi) is 5.18. The van der Waals surface area contributed by atoms with E-state index in [9.17, 15) is 4.79 Å². The van der Waals surface area contributed by atoms with Crippen molar-refractivity contribution in [1.29, 1.82) is 0 Å². The number of carbonyl (C=O) groups excluding carboxylic acids is 1. The third kappa shape index (κ3) is 4.18. The van der Waals surface area contributed by atoms with E-state index in [0.717, 1.165) is 10.0 Å². The Labute approximate surface area is 134 Å². The van der Waals surface area contributed by atoms with Crippen LogP contribution in [0.15, 0.2) is 53.0 Å². The molecule has 21 heavy (non-hydrogen) atoms. The highest BCUT2D eigenvalue weighted by atomic mass is 79.9. The second-order valence-electron chi connectivity index (χ2n) is 5.56. The third-order valence-corrected chi connectivity index (χ3v) is 4.03. The number of amides is 1. The molecule has 0 spiro atoms. The average Bonchev–Trinajstić information content (AvgIpc) is 2.47. The van der Waals surface area contributed by atoms with Crippen molar-refractivity contribution in [2.24, 2.45) is 0 Å². The van der Waals surface area contributed by atoms with Crippen LogP contribution in [-0.4, -0.2) is 17.9 Å². The second-order valence-corrected chi connectivity index (χ2v) is 6.48. The Bertz CT molecular complexity index is 602. The zero-order valence-electron chi connectivity index (χ0n) is 12.6. The first-order chi connectivity index (χ1) is 9.97. The van der Waals surface area contributed by atoms with E-state index in [1.54, 1.807) is 4.90 Å². The van der Waals surface area contributed by atoms with Gasteiger partial charge in [0.1, 0.15) is 0 Å². The summed E-state index contributed by atoms with van der Waals surface area (Å²) in [5, 5.41) is 0. The number of halogens is 1. The van der Waals surface area contributed by atoms with E-state index in [-0.39, 0.29) is 5.91 Å². The Balaban J connectivity index is 2.05. The lowest BCUT2D eigenvalue weighted by molar-refractivity contribution is 0.0785. The van der Waals surface area contributed by atoms with Crippen molar-refractivity contribution in [3.05, 3.63) is 69.7 Å². The molecule has 0 saturated heterocycles. The quantitative estimate of drug-likeness (QED) is 0.775. The van der Waals surface area contributed by atoms with Gasteiger partial charge >= 0.3 is 0 Å². The van der Waals surface area contributed by atoms with Crippen molar-refractivity contribution in [2.45, 2.75) is 26.3 Å². The Hall–Kier alpha value is -1.61. The fraction of sp³-hybridized carbons (Fsp3) is 0.278. The third-order valence-electron chi connectivity index (χ3n) is 3.50. The van der Waals surface area contributed by atoms with Crippen LogP contribution in [0.1, 0.15) is 41.3 Å². The molecule has 110 valence electrons. The normalized spacial score (nSPS) is 10.7. The average molecular weight is 346 g/mol. The highest BCUT2D eigenvalue weighted by Gasteiger charge is 2.12. The summed E-state index contributed by atoms with van der Waals surface area (Å²) >= 11 is 3.38. The fourth-order valence-corrected chi connectivity index (χ4v) is 2.43. The van der Waals surface area contributed by atoms with Crippen molar-refractivity contribution in [3.63, 3.8) is 0 Å². The van der Waals surface area contributed by atoms with Gasteiger partial charge in [-0.2, -0.15) is 0 Å². The Morgan fingerprint density at radius 1 is 1.05 bits per heavy atom. The van der Waals surface area contributed by atoms with Crippen LogP contribution in [0.3, 0.4) is 0 Å². The summed E-state index contributed by atoms with van der Waals surface area (Å²) in [7, 11) is 1.83. The SMILES string of the molecule is CC(C)c1ccc(CN(C)C(=O)c2ccc(Br)cc2)cc1. The minimum Gasteiger partial charge on any atom is -0.337 e. The van der Waals surface area contributed by atoms with Gasteiger partial charge in [0.25, 0.3) is 5.91 Å². The van der Waals surface area contributed by atoms with E-state index in [0.29, 0.717) is 18.0 Å². The Morgan fingerprint density at radius 2 is 1.62 bits per heavy atom. The zero-order chi connectivity index (χ0) is 15.4. The second kappa shape index (κ2) is 6.90. The lowest BCUT2D eigenvalue weighted by Crippen LogP contribution is -2.26. The first-order valence-corrected chi connectivity index (χ1v) is 7.86. The molecule has 0 radical (unpaired) electrons. The predicted molar refractivity (Wildman–Crippen MR) is 90.5 cm³/mol. The van der Waals surface area contributed by atoms with Crippen molar-refractivity contribution in [1.82, 2.24) is 4.90 Å². The minimum absolute atomic E-state index is 0.0374. The van der Waals surface area contributed by atoms with Gasteiger partial charge in [-0.1, -0.05) is 54.0 Å². The van der Waals surface area contributed by atoms with Gasteiger partial charge in [-0.25, -0.2) is 0 Å². The van der Waals surface area contributed by atoms with Crippen LogP contribution < -0.4 is 0 Å². The number of carbonyl (C=O) groups is 1. The zero-order valence-corrected chi connectivity index (χ0v) is 14.2. The lowest BCUT2D eigenvalue weighted by Gasteiger charge is -2.18. The molecule has 2 aromatic rings. The van der Waals surface area contributed by atoms with Crippen molar-refractivity contribution < 1.29 is 4.79 Å². The molecule has 0 N–H and O–H groups in total. The van der Waals surface area contributed by atoms with Gasteiger partial charge in [0, 0.05) is 23.6 Å². The number of nitrogens with zero attached hydrogens (tertiary/aromatic N) is 1. The number of rotatable bonds is 4. The lowest BCUT2D eigenvalue weighted by atomic mass is 10.0. The summed E-state index contributed by atoms with van der Waals surface area (Å²) in [5.74, 6) is 0.566. The Morgan fingerprint density at radius 3 is 2.14 bits per heavy atom. The van der Waals surface area contributed by atoms with E-state index < -0.39 is 0 Å². The molecule has 0 aromatic heterocycles. The first-order valence-electron chi connectivity index (χ1n) is 7.07. The molecule has 0 bridgehead atoms. The molecule has 0 aliphatic rings. The van der Waals surface area contributed by atoms with Gasteiger partial charge in [-0.05, 0) is 41.3 Å². The largest absolute Gasteiger partial charge is 0.337 e. The maximum absolute atomic E-state index is 12.3. The predicted octanol–water partition coefficient (Wildman–Crippen LogP) is 4.84. The van der Waals surface area contributed by atoms with Crippen molar-refractivity contribution in [3.8, 4) is 0 Å². The van der Waals surface area contributed by atoms with Crippen molar-refractivity contribution in [2.75, 3.05) is 7.05 Å². The van der Waals surface area contributed by atoms with E-state index >= 15 is 0 Å². The van der Waals surface area contributed by atoms with Crippen LogP contribution >= 0.6 is 15.9 Å². The molecular weight excluding hydrogens is 326 g/mol. The molecule has 0 atom stereocenters. The molecule has 2 aromatic carbocycles. The number of benzene rings is 2. The smallest absolute Gasteiger partial charge is 0.253 e. The van der Waals surface area contributed by atoms with Crippen LogP contribution in [0, 0.1) is 0 Å². The summed E-state index contributed by atoms with van der Waals surface area (Å²) < 4.78 is 0.978. The summed E-state index contributed by atoms with van der Waals surface area (Å²) in [4.78, 5) is 14.1. The van der Waals surface area contributed by atoms with Crippen LogP contribution in [0.2, 0.25) is 0 Å². The molecule has 0 saturated carbocycles. The highest BCUT2D eigenvalue weighted by Crippen LogP contribution is 2.16. The van der Waals surface area contributed by atoms with Crippen LogP contribution in [0.5, 0.6) is 0 Å². The molecule has 0 unspecified atom stereocenters. The van der Waals surface area contributed by atoms with Crippen LogP contribution in [0.4, 0.5) is 0 Å². The fourth-order valence-electron chi connectivity index (χ4n) is 2.17. The van der Waals surface area contributed by atoms with Gasteiger partial charge in [-0.15, -0.1) is 0 Å². The van der Waals surface area contributed by atoms with E-state index in [2.05, 4.69) is 54.0 Å². The molecular formula is C18H20BrNO. The van der Waals surface area contributed by atoms with Gasteiger partial charge in [0.15, 0.2) is 0 Å². The van der Waals surface area contributed by atoms with Crippen LogP contribution in [0.25, 0.3) is 0 Å². The molecule has 0 aliphatic carbocycles. The maximum Gasteiger partial charge on any atom is 0.253 e. The molecule has 0 aliphatic heterocycles. The maximum atomic E-state index is 12.3. The number of hydrogen-bond acceptors (Lipinski definition) is 1. The van der Waals surface area contributed by atoms with Crippen molar-refractivity contribution >= 4 is 21.8 Å². The van der Waals surface area contributed by atoms with Gasteiger partial charge < -0.3 is 4.90 Å². The molecule has 2 nitrogen and oxygen atoms in total. The highest BCUT2D eigenvalue weighted by molar-refractivity contribution is 9.10. The van der Waals surface area contributed by atoms with Gasteiger partial charge in [0.05, 0.1) is 0 Å². The molecule has 2 rings (SSSR count). The van der Waals surface area contributed by atoms with Gasteiger partial charge in [0.2, 0.25) is 0 Å². The minimum atomic E-state index is 0.0374. The van der Waals surface area contributed by atoms with E-state index in [1.807, 2.05) is 31.3 Å². The molecule has 1 amide bonds. The number of hydrogen-bond donors (Lipinski definition) is 0. The summed E-state index contributed by atoms with van der Waals surface area (Å²) in [6, 6.07) is 15.9. The standard InChI is InChI=1S/C18H20BrNO/c1-13(2)15-6-4-14(5-7-15)12-20(3)18(21)16-8-10-17(19)11-9-16/h4-11,13H,12H2,1-3H3. The summed E-state index contributed by atoms with van der Waals surface area (Å²) in [6.07, 6.45) is 0. The first kappa shape index (κ1) is 15.8. The monoisotopic (exact) mass is 345 g/mol. The summed E-state index contributed by atoms with van der Waals surface area (Å²) in [5.41, 5.74) is 3.17. The topological polar surface area (TPSA) is 20.3 Å². The molecule has 3 heteroatoms. The molecule has 0 fully saturated rings. The molecule has 0 heterocycles. The van der Waals surface area contributed by atoms with E-state index in [4.69, 9.17) is 0 Å².